The molecule has 0 bridgehead atoms. The number of carbonyl (C=O) groups is 1. The van der Waals surface area contributed by atoms with Crippen molar-refractivity contribution in [3.63, 3.8) is 0 Å². The molecule has 2 N–H and O–H groups in total. The minimum absolute atomic E-state index is 0.183. The summed E-state index contributed by atoms with van der Waals surface area (Å²) >= 11 is 0. The summed E-state index contributed by atoms with van der Waals surface area (Å²) < 4.78 is 5.13. The Labute approximate surface area is 116 Å². The standard InChI is InChI=1S/C14H16N4O2/c1-8-7-10(20-2)5-6-11(8)15-14(19)13-16-12(17-18-13)9-3-4-9/h5-7,9H,3-4H2,1-2H3,(H,15,19)(H,16,17,18). The van der Waals surface area contributed by atoms with Gasteiger partial charge < -0.3 is 10.1 Å². The molecule has 3 rings (SSSR count). The van der Waals surface area contributed by atoms with E-state index < -0.39 is 0 Å². The van der Waals surface area contributed by atoms with Crippen molar-refractivity contribution in [2.24, 2.45) is 0 Å². The van der Waals surface area contributed by atoms with Gasteiger partial charge in [0, 0.05) is 11.6 Å². The fourth-order valence-corrected chi connectivity index (χ4v) is 2.00. The van der Waals surface area contributed by atoms with Crippen LogP contribution in [-0.4, -0.2) is 28.2 Å². The first-order valence-corrected chi connectivity index (χ1v) is 6.55. The lowest BCUT2D eigenvalue weighted by molar-refractivity contribution is 0.101. The Bertz CT molecular complexity index is 646. The van der Waals surface area contributed by atoms with Crippen molar-refractivity contribution in [1.29, 1.82) is 0 Å². The number of hydrogen-bond acceptors (Lipinski definition) is 4. The highest BCUT2D eigenvalue weighted by atomic mass is 16.5. The molecule has 0 spiro atoms. The summed E-state index contributed by atoms with van der Waals surface area (Å²) in [5, 5.41) is 9.60. The molecule has 104 valence electrons. The fourth-order valence-electron chi connectivity index (χ4n) is 2.00. The lowest BCUT2D eigenvalue weighted by Crippen LogP contribution is -2.14. The second-order valence-electron chi connectivity index (χ2n) is 4.95. The van der Waals surface area contributed by atoms with Crippen LogP contribution < -0.4 is 10.1 Å². The van der Waals surface area contributed by atoms with Gasteiger partial charge in [-0.1, -0.05) is 0 Å². The van der Waals surface area contributed by atoms with Crippen LogP contribution in [0.3, 0.4) is 0 Å². The zero-order chi connectivity index (χ0) is 14.1. The summed E-state index contributed by atoms with van der Waals surface area (Å²) in [6.45, 7) is 1.91. The molecule has 2 aromatic rings. The molecule has 6 nitrogen and oxygen atoms in total. The van der Waals surface area contributed by atoms with E-state index in [9.17, 15) is 4.79 Å². The van der Waals surface area contributed by atoms with Gasteiger partial charge >= 0.3 is 0 Å². The number of methoxy groups -OCH3 is 1. The molecule has 1 aromatic heterocycles. The van der Waals surface area contributed by atoms with Gasteiger partial charge in [-0.25, -0.2) is 4.98 Å². The number of hydrogen-bond donors (Lipinski definition) is 2. The average Bonchev–Trinajstić information content (AvgIpc) is 3.18. The van der Waals surface area contributed by atoms with E-state index in [0.29, 0.717) is 5.92 Å². The largest absolute Gasteiger partial charge is 0.497 e. The molecule has 6 heteroatoms. The number of aromatic amines is 1. The number of nitrogens with zero attached hydrogens (tertiary/aromatic N) is 2. The molecular formula is C14H16N4O2. The smallest absolute Gasteiger partial charge is 0.295 e. The predicted molar refractivity (Wildman–Crippen MR) is 74.0 cm³/mol. The number of aryl methyl sites for hydroxylation is 1. The minimum Gasteiger partial charge on any atom is -0.497 e. The second-order valence-corrected chi connectivity index (χ2v) is 4.95. The van der Waals surface area contributed by atoms with Crippen LogP contribution in [0.4, 0.5) is 5.69 Å². The molecule has 20 heavy (non-hydrogen) atoms. The predicted octanol–water partition coefficient (Wildman–Crippen LogP) is 2.25. The molecule has 0 aliphatic heterocycles. The molecule has 1 aromatic carbocycles. The molecule has 1 amide bonds. The van der Waals surface area contributed by atoms with Gasteiger partial charge in [0.15, 0.2) is 0 Å². The van der Waals surface area contributed by atoms with Gasteiger partial charge in [-0.2, -0.15) is 0 Å². The summed E-state index contributed by atoms with van der Waals surface area (Å²) in [5.41, 5.74) is 1.66. The first kappa shape index (κ1) is 12.7. The van der Waals surface area contributed by atoms with Crippen LogP contribution in [0.15, 0.2) is 18.2 Å². The maximum Gasteiger partial charge on any atom is 0.295 e. The number of amides is 1. The van der Waals surface area contributed by atoms with Gasteiger partial charge in [0.1, 0.15) is 11.6 Å². The summed E-state index contributed by atoms with van der Waals surface area (Å²) in [6, 6.07) is 5.47. The average molecular weight is 272 g/mol. The molecular weight excluding hydrogens is 256 g/mol. The Morgan fingerprint density at radius 2 is 2.25 bits per heavy atom. The normalized spacial score (nSPS) is 14.1. The van der Waals surface area contributed by atoms with Gasteiger partial charge in [0.25, 0.3) is 5.91 Å². The Balaban J connectivity index is 1.74. The molecule has 1 aliphatic carbocycles. The van der Waals surface area contributed by atoms with Crippen LogP contribution >= 0.6 is 0 Å². The third-order valence-electron chi connectivity index (χ3n) is 3.35. The van der Waals surface area contributed by atoms with E-state index in [1.54, 1.807) is 19.2 Å². The maximum atomic E-state index is 12.1. The topological polar surface area (TPSA) is 79.9 Å². The molecule has 1 heterocycles. The van der Waals surface area contributed by atoms with Gasteiger partial charge in [-0.15, -0.1) is 5.10 Å². The monoisotopic (exact) mass is 272 g/mol. The molecule has 0 saturated heterocycles. The van der Waals surface area contributed by atoms with E-state index >= 15 is 0 Å². The van der Waals surface area contributed by atoms with Gasteiger partial charge in [-0.3, -0.25) is 9.89 Å². The summed E-state index contributed by atoms with van der Waals surface area (Å²) in [5.74, 6) is 1.89. The fraction of sp³-hybridized carbons (Fsp3) is 0.357. The van der Waals surface area contributed by atoms with E-state index in [0.717, 1.165) is 35.7 Å². The number of ether oxygens (including phenoxy) is 1. The van der Waals surface area contributed by atoms with Crippen LogP contribution in [0.5, 0.6) is 5.75 Å². The van der Waals surface area contributed by atoms with Crippen molar-refractivity contribution in [3.05, 3.63) is 35.4 Å². The third-order valence-corrected chi connectivity index (χ3v) is 3.35. The quantitative estimate of drug-likeness (QED) is 0.894. The second kappa shape index (κ2) is 4.96. The first-order valence-electron chi connectivity index (χ1n) is 6.55. The van der Waals surface area contributed by atoms with Gasteiger partial charge in [-0.05, 0) is 43.5 Å². The minimum atomic E-state index is -0.304. The van der Waals surface area contributed by atoms with E-state index in [1.165, 1.54) is 0 Å². The van der Waals surface area contributed by atoms with E-state index in [-0.39, 0.29) is 11.7 Å². The SMILES string of the molecule is COc1ccc(NC(=O)c2n[nH]c(C3CC3)n2)c(C)c1. The highest BCUT2D eigenvalue weighted by molar-refractivity contribution is 6.01. The van der Waals surface area contributed by atoms with Crippen molar-refractivity contribution in [1.82, 2.24) is 15.2 Å². The van der Waals surface area contributed by atoms with Crippen molar-refractivity contribution >= 4 is 11.6 Å². The number of anilines is 1. The van der Waals surface area contributed by atoms with Gasteiger partial charge in [0.05, 0.1) is 7.11 Å². The lowest BCUT2D eigenvalue weighted by atomic mass is 10.2. The van der Waals surface area contributed by atoms with Crippen LogP contribution in [0.1, 0.15) is 40.8 Å². The van der Waals surface area contributed by atoms with Crippen LogP contribution in [0, 0.1) is 6.92 Å². The molecule has 1 fully saturated rings. The number of carbonyl (C=O) groups excluding carboxylic acids is 1. The third kappa shape index (κ3) is 2.49. The number of benzene rings is 1. The number of aromatic nitrogens is 3. The van der Waals surface area contributed by atoms with Crippen molar-refractivity contribution < 1.29 is 9.53 Å². The number of nitrogens with one attached hydrogen (secondary N) is 2. The van der Waals surface area contributed by atoms with Crippen LogP contribution in [0.25, 0.3) is 0 Å². The van der Waals surface area contributed by atoms with Crippen LogP contribution in [-0.2, 0) is 0 Å². The Morgan fingerprint density at radius 3 is 2.90 bits per heavy atom. The molecule has 1 saturated carbocycles. The number of rotatable bonds is 4. The van der Waals surface area contributed by atoms with Crippen LogP contribution in [0.2, 0.25) is 0 Å². The van der Waals surface area contributed by atoms with E-state index in [4.69, 9.17) is 4.74 Å². The first-order chi connectivity index (χ1) is 9.67. The highest BCUT2D eigenvalue weighted by Gasteiger charge is 2.28. The van der Waals surface area contributed by atoms with Crippen molar-refractivity contribution in [2.45, 2.75) is 25.7 Å². The summed E-state index contributed by atoms with van der Waals surface area (Å²) in [7, 11) is 1.61. The Hall–Kier alpha value is -2.37. The summed E-state index contributed by atoms with van der Waals surface area (Å²) in [4.78, 5) is 16.3. The zero-order valence-corrected chi connectivity index (χ0v) is 11.4. The Kier molecular flexibility index (Phi) is 3.14. The lowest BCUT2D eigenvalue weighted by Gasteiger charge is -2.08. The molecule has 0 atom stereocenters. The maximum absolute atomic E-state index is 12.1. The summed E-state index contributed by atoms with van der Waals surface area (Å²) in [6.07, 6.45) is 2.24. The molecule has 1 aliphatic rings. The molecule has 0 unspecified atom stereocenters. The van der Waals surface area contributed by atoms with Crippen molar-refractivity contribution in [3.8, 4) is 5.75 Å². The highest BCUT2D eigenvalue weighted by Crippen LogP contribution is 2.37. The molecule has 0 radical (unpaired) electrons. The van der Waals surface area contributed by atoms with Crippen molar-refractivity contribution in [2.75, 3.05) is 12.4 Å². The van der Waals surface area contributed by atoms with E-state index in [1.807, 2.05) is 13.0 Å². The zero-order valence-electron chi connectivity index (χ0n) is 11.4. The van der Waals surface area contributed by atoms with E-state index in [2.05, 4.69) is 20.5 Å². The van der Waals surface area contributed by atoms with Gasteiger partial charge in [0.2, 0.25) is 5.82 Å². The Morgan fingerprint density at radius 1 is 1.45 bits per heavy atom. The number of H-pyrrole nitrogens is 1.